The van der Waals surface area contributed by atoms with Crippen LogP contribution < -0.4 is 0 Å². The molecule has 0 heterocycles. The van der Waals surface area contributed by atoms with Gasteiger partial charge < -0.3 is 4.74 Å². The Morgan fingerprint density at radius 3 is 2.14 bits per heavy atom. The van der Waals surface area contributed by atoms with Gasteiger partial charge in [0.25, 0.3) is 0 Å². The number of ether oxygens (including phenoxy) is 1. The van der Waals surface area contributed by atoms with Gasteiger partial charge in [0.1, 0.15) is 0 Å². The molecule has 1 fully saturated rings. The van der Waals surface area contributed by atoms with Gasteiger partial charge in [-0.3, -0.25) is 0 Å². The molecule has 0 radical (unpaired) electrons. The first kappa shape index (κ1) is 19.3. The lowest BCUT2D eigenvalue weighted by molar-refractivity contribution is -0.142. The molecule has 0 atom stereocenters. The topological polar surface area (TPSA) is 26.3 Å². The van der Waals surface area contributed by atoms with Gasteiger partial charge in [-0.1, -0.05) is 78.2 Å². The molecule has 0 bridgehead atoms. The van der Waals surface area contributed by atoms with Crippen LogP contribution in [0.5, 0.6) is 0 Å². The van der Waals surface area contributed by atoms with Gasteiger partial charge in [-0.05, 0) is 25.2 Å². The SMILES string of the molecule is C=CC(=O)OCC1(CCCC(C)C)CCCCCCCCC1. The second-order valence-electron chi connectivity index (χ2n) is 7.57. The predicted octanol–water partition coefficient (Wildman–Crippen LogP) is 6.05. The molecule has 1 saturated carbocycles. The molecule has 0 saturated heterocycles. The Morgan fingerprint density at radius 1 is 1.09 bits per heavy atom. The van der Waals surface area contributed by atoms with E-state index in [1.807, 2.05) is 0 Å². The van der Waals surface area contributed by atoms with E-state index >= 15 is 0 Å². The average molecular weight is 309 g/mol. The predicted molar refractivity (Wildman–Crippen MR) is 93.8 cm³/mol. The van der Waals surface area contributed by atoms with E-state index in [4.69, 9.17) is 4.74 Å². The summed E-state index contributed by atoms with van der Waals surface area (Å²) in [6.45, 7) is 8.69. The van der Waals surface area contributed by atoms with Gasteiger partial charge in [0, 0.05) is 11.5 Å². The molecule has 1 rings (SSSR count). The fourth-order valence-corrected chi connectivity index (χ4v) is 3.64. The average Bonchev–Trinajstić information content (AvgIpc) is 2.51. The smallest absolute Gasteiger partial charge is 0.330 e. The zero-order valence-electron chi connectivity index (χ0n) is 14.9. The molecule has 128 valence electrons. The molecule has 0 aliphatic heterocycles. The van der Waals surface area contributed by atoms with Crippen molar-refractivity contribution in [2.24, 2.45) is 11.3 Å². The van der Waals surface area contributed by atoms with Gasteiger partial charge in [0.05, 0.1) is 6.61 Å². The minimum Gasteiger partial charge on any atom is -0.462 e. The van der Waals surface area contributed by atoms with Crippen LogP contribution in [0.15, 0.2) is 12.7 Å². The van der Waals surface area contributed by atoms with E-state index in [-0.39, 0.29) is 11.4 Å². The summed E-state index contributed by atoms with van der Waals surface area (Å²) in [5.41, 5.74) is 0.213. The van der Waals surface area contributed by atoms with Crippen molar-refractivity contribution in [3.8, 4) is 0 Å². The van der Waals surface area contributed by atoms with Crippen molar-refractivity contribution in [3.63, 3.8) is 0 Å². The van der Waals surface area contributed by atoms with Gasteiger partial charge in [0.15, 0.2) is 0 Å². The number of hydrogen-bond donors (Lipinski definition) is 0. The van der Waals surface area contributed by atoms with Gasteiger partial charge in [-0.2, -0.15) is 0 Å². The van der Waals surface area contributed by atoms with E-state index < -0.39 is 0 Å². The monoisotopic (exact) mass is 308 g/mol. The first-order valence-corrected chi connectivity index (χ1v) is 9.37. The number of esters is 1. The molecule has 22 heavy (non-hydrogen) atoms. The first-order chi connectivity index (χ1) is 10.6. The lowest BCUT2D eigenvalue weighted by Crippen LogP contribution is -2.29. The molecule has 2 heteroatoms. The zero-order valence-corrected chi connectivity index (χ0v) is 14.9. The molecular formula is C20H36O2. The summed E-state index contributed by atoms with van der Waals surface area (Å²) in [4.78, 5) is 11.5. The molecule has 2 nitrogen and oxygen atoms in total. The largest absolute Gasteiger partial charge is 0.462 e. The van der Waals surface area contributed by atoms with Crippen molar-refractivity contribution >= 4 is 5.97 Å². The van der Waals surface area contributed by atoms with Crippen molar-refractivity contribution in [2.45, 2.75) is 90.9 Å². The molecular weight excluding hydrogens is 272 g/mol. The summed E-state index contributed by atoms with van der Waals surface area (Å²) in [6, 6.07) is 0. The Balaban J connectivity index is 2.65. The summed E-state index contributed by atoms with van der Waals surface area (Å²) in [5.74, 6) is 0.493. The van der Waals surface area contributed by atoms with Gasteiger partial charge in [-0.15, -0.1) is 0 Å². The highest BCUT2D eigenvalue weighted by Crippen LogP contribution is 2.38. The van der Waals surface area contributed by atoms with Crippen molar-refractivity contribution in [1.29, 1.82) is 0 Å². The summed E-state index contributed by atoms with van der Waals surface area (Å²) in [6.07, 6.45) is 16.8. The van der Waals surface area contributed by atoms with E-state index in [2.05, 4.69) is 20.4 Å². The van der Waals surface area contributed by atoms with E-state index in [9.17, 15) is 4.79 Å². The normalized spacial score (nSPS) is 19.6. The van der Waals surface area contributed by atoms with E-state index in [1.54, 1.807) is 0 Å². The molecule has 1 aliphatic carbocycles. The van der Waals surface area contributed by atoms with Crippen LogP contribution in [-0.2, 0) is 9.53 Å². The number of carbonyl (C=O) groups is 1. The van der Waals surface area contributed by atoms with Crippen LogP contribution in [0, 0.1) is 11.3 Å². The highest BCUT2D eigenvalue weighted by Gasteiger charge is 2.30. The minimum atomic E-state index is -0.264. The Labute approximate surface area is 137 Å². The molecule has 0 amide bonds. The van der Waals surface area contributed by atoms with Gasteiger partial charge in [0.2, 0.25) is 0 Å². The van der Waals surface area contributed by atoms with E-state index in [0.29, 0.717) is 6.61 Å². The first-order valence-electron chi connectivity index (χ1n) is 9.37. The second-order valence-corrected chi connectivity index (χ2v) is 7.57. The van der Waals surface area contributed by atoms with Crippen LogP contribution in [0.4, 0.5) is 0 Å². The van der Waals surface area contributed by atoms with Crippen molar-refractivity contribution in [2.75, 3.05) is 6.61 Å². The van der Waals surface area contributed by atoms with Crippen LogP contribution in [0.3, 0.4) is 0 Å². The van der Waals surface area contributed by atoms with Crippen LogP contribution in [0.2, 0.25) is 0 Å². The fraction of sp³-hybridized carbons (Fsp3) is 0.850. The van der Waals surface area contributed by atoms with Gasteiger partial charge >= 0.3 is 5.97 Å². The third-order valence-electron chi connectivity index (χ3n) is 5.09. The van der Waals surface area contributed by atoms with Crippen LogP contribution in [-0.4, -0.2) is 12.6 Å². The van der Waals surface area contributed by atoms with Crippen molar-refractivity contribution in [1.82, 2.24) is 0 Å². The number of carbonyl (C=O) groups excluding carboxylic acids is 1. The van der Waals surface area contributed by atoms with Crippen molar-refractivity contribution < 1.29 is 9.53 Å². The molecule has 0 N–H and O–H groups in total. The Bertz CT molecular complexity index is 310. The van der Waals surface area contributed by atoms with Gasteiger partial charge in [-0.25, -0.2) is 4.79 Å². The Morgan fingerprint density at radius 2 is 1.64 bits per heavy atom. The molecule has 1 aliphatic rings. The Kier molecular flexibility index (Phi) is 9.50. The molecule has 0 aromatic carbocycles. The lowest BCUT2D eigenvalue weighted by Gasteiger charge is -2.34. The third kappa shape index (κ3) is 8.00. The molecule has 0 spiro atoms. The second kappa shape index (κ2) is 10.9. The maximum atomic E-state index is 11.5. The minimum absolute atomic E-state index is 0.213. The fourth-order valence-electron chi connectivity index (χ4n) is 3.64. The third-order valence-corrected chi connectivity index (χ3v) is 5.09. The molecule has 0 unspecified atom stereocenters. The van der Waals surface area contributed by atoms with Crippen LogP contribution >= 0.6 is 0 Å². The molecule has 0 aromatic heterocycles. The van der Waals surface area contributed by atoms with Crippen LogP contribution in [0.1, 0.15) is 90.9 Å². The maximum Gasteiger partial charge on any atom is 0.330 e. The Hall–Kier alpha value is -0.790. The quantitative estimate of drug-likeness (QED) is 0.422. The summed E-state index contributed by atoms with van der Waals surface area (Å²) in [7, 11) is 0. The summed E-state index contributed by atoms with van der Waals surface area (Å²) >= 11 is 0. The van der Waals surface area contributed by atoms with E-state index in [1.165, 1.54) is 83.1 Å². The highest BCUT2D eigenvalue weighted by atomic mass is 16.5. The summed E-state index contributed by atoms with van der Waals surface area (Å²) < 4.78 is 5.50. The number of hydrogen-bond acceptors (Lipinski definition) is 2. The highest BCUT2D eigenvalue weighted by molar-refractivity contribution is 5.81. The standard InChI is InChI=1S/C20H36O2/c1-4-19(21)22-17-20(16-12-13-18(2)3)14-10-8-6-5-7-9-11-15-20/h4,18H,1,5-17H2,2-3H3. The zero-order chi connectivity index (χ0) is 16.3. The van der Waals surface area contributed by atoms with Crippen molar-refractivity contribution in [3.05, 3.63) is 12.7 Å². The maximum absolute atomic E-state index is 11.5. The van der Waals surface area contributed by atoms with Crippen LogP contribution in [0.25, 0.3) is 0 Å². The molecule has 0 aromatic rings. The lowest BCUT2D eigenvalue weighted by atomic mass is 9.74. The summed E-state index contributed by atoms with van der Waals surface area (Å²) in [5, 5.41) is 0. The van der Waals surface area contributed by atoms with E-state index in [0.717, 1.165) is 5.92 Å². The number of rotatable bonds is 7.